The molecule has 21 heavy (non-hydrogen) atoms. The molecule has 1 fully saturated rings. The summed E-state index contributed by atoms with van der Waals surface area (Å²) in [6, 6.07) is 4.70. The fraction of sp³-hybridized carbons (Fsp3) is 0.500. The molecule has 1 aliphatic heterocycles. The van der Waals surface area contributed by atoms with Crippen molar-refractivity contribution in [2.45, 2.75) is 24.2 Å². The number of piperazine rings is 1. The predicted octanol–water partition coefficient (Wildman–Crippen LogP) is 1.57. The van der Waals surface area contributed by atoms with Gasteiger partial charge in [0.25, 0.3) is 0 Å². The van der Waals surface area contributed by atoms with E-state index >= 15 is 0 Å². The van der Waals surface area contributed by atoms with Crippen LogP contribution in [0.3, 0.4) is 0 Å². The van der Waals surface area contributed by atoms with E-state index < -0.39 is 27.0 Å². The molecule has 118 valence electrons. The number of nitrogens with zero attached hydrogens (tertiary/aromatic N) is 1. The van der Waals surface area contributed by atoms with Crippen LogP contribution in [0.25, 0.3) is 0 Å². The van der Waals surface area contributed by atoms with Crippen molar-refractivity contribution in [3.63, 3.8) is 0 Å². The van der Waals surface area contributed by atoms with Gasteiger partial charge in [0.05, 0.1) is 0 Å². The summed E-state index contributed by atoms with van der Waals surface area (Å²) in [5.74, 6) is -0.712. The lowest BCUT2D eigenvalue weighted by molar-refractivity contribution is -0.275. The van der Waals surface area contributed by atoms with Crippen LogP contribution in [-0.2, 0) is 10.0 Å². The minimum absolute atomic E-state index is 0.0655. The molecule has 0 aliphatic carbocycles. The zero-order valence-corrected chi connectivity index (χ0v) is 12.0. The van der Waals surface area contributed by atoms with Crippen LogP contribution in [0.1, 0.15) is 6.92 Å². The standard InChI is InChI=1S/C12H15F3N2O3S/c1-9-8-17(7-6-16-9)21(18,19)11-5-3-2-4-10(11)20-12(13,14)15/h2-5,9,16H,6-8H2,1H3/t9-/m1/s1. The van der Waals surface area contributed by atoms with Crippen LogP contribution in [0.4, 0.5) is 13.2 Å². The van der Waals surface area contributed by atoms with Gasteiger partial charge in [-0.3, -0.25) is 0 Å². The highest BCUT2D eigenvalue weighted by Crippen LogP contribution is 2.31. The lowest BCUT2D eigenvalue weighted by atomic mass is 10.3. The molecule has 0 spiro atoms. The molecule has 2 rings (SSSR count). The van der Waals surface area contributed by atoms with Crippen LogP contribution < -0.4 is 10.1 Å². The van der Waals surface area contributed by atoms with E-state index in [4.69, 9.17) is 0 Å². The van der Waals surface area contributed by atoms with Gasteiger partial charge in [-0.15, -0.1) is 13.2 Å². The van der Waals surface area contributed by atoms with Crippen molar-refractivity contribution in [1.29, 1.82) is 0 Å². The summed E-state index contributed by atoms with van der Waals surface area (Å²) in [5, 5.41) is 3.07. The highest BCUT2D eigenvalue weighted by Gasteiger charge is 2.36. The lowest BCUT2D eigenvalue weighted by Gasteiger charge is -2.31. The molecule has 0 bridgehead atoms. The molecule has 1 saturated heterocycles. The second-order valence-corrected chi connectivity index (χ2v) is 6.62. The van der Waals surface area contributed by atoms with Crippen molar-refractivity contribution in [3.8, 4) is 5.75 Å². The monoisotopic (exact) mass is 324 g/mol. The number of sulfonamides is 1. The quantitative estimate of drug-likeness (QED) is 0.917. The van der Waals surface area contributed by atoms with E-state index in [-0.39, 0.29) is 19.1 Å². The molecule has 9 heteroatoms. The normalized spacial score (nSPS) is 21.2. The van der Waals surface area contributed by atoms with Crippen LogP contribution in [0, 0.1) is 0 Å². The minimum Gasteiger partial charge on any atom is -0.404 e. The van der Waals surface area contributed by atoms with Gasteiger partial charge in [0.1, 0.15) is 10.6 Å². The van der Waals surface area contributed by atoms with Gasteiger partial charge in [-0.1, -0.05) is 12.1 Å². The number of hydrogen-bond acceptors (Lipinski definition) is 4. The highest BCUT2D eigenvalue weighted by molar-refractivity contribution is 7.89. The largest absolute Gasteiger partial charge is 0.573 e. The molecule has 1 N–H and O–H groups in total. The Morgan fingerprint density at radius 3 is 2.62 bits per heavy atom. The van der Waals surface area contributed by atoms with Crippen molar-refractivity contribution in [3.05, 3.63) is 24.3 Å². The second kappa shape index (κ2) is 5.82. The Balaban J connectivity index is 2.36. The summed E-state index contributed by atoms with van der Waals surface area (Å²) >= 11 is 0. The third-order valence-electron chi connectivity index (χ3n) is 3.02. The molecule has 1 aromatic carbocycles. The average molecular weight is 324 g/mol. The maximum atomic E-state index is 12.5. The number of ether oxygens (including phenoxy) is 1. The van der Waals surface area contributed by atoms with Crippen LogP contribution in [0.5, 0.6) is 5.75 Å². The smallest absolute Gasteiger partial charge is 0.404 e. The molecule has 0 saturated carbocycles. The van der Waals surface area contributed by atoms with E-state index in [2.05, 4.69) is 10.1 Å². The fourth-order valence-corrected chi connectivity index (χ4v) is 3.77. The molecule has 5 nitrogen and oxygen atoms in total. The van der Waals surface area contributed by atoms with Crippen LogP contribution >= 0.6 is 0 Å². The third-order valence-corrected chi connectivity index (χ3v) is 4.93. The topological polar surface area (TPSA) is 58.6 Å². The summed E-state index contributed by atoms with van der Waals surface area (Å²) in [6.45, 7) is 2.65. The molecule has 0 radical (unpaired) electrons. The van der Waals surface area contributed by atoms with Gasteiger partial charge in [-0.25, -0.2) is 8.42 Å². The van der Waals surface area contributed by atoms with Crippen molar-refractivity contribution < 1.29 is 26.3 Å². The molecule has 1 heterocycles. The number of rotatable bonds is 3. The predicted molar refractivity (Wildman–Crippen MR) is 69.3 cm³/mol. The Morgan fingerprint density at radius 1 is 1.33 bits per heavy atom. The first-order chi connectivity index (χ1) is 9.70. The van der Waals surface area contributed by atoms with Crippen molar-refractivity contribution in [2.75, 3.05) is 19.6 Å². The van der Waals surface area contributed by atoms with Gasteiger partial charge < -0.3 is 10.1 Å². The number of halogens is 3. The molecule has 1 aromatic rings. The van der Waals surface area contributed by atoms with Crippen molar-refractivity contribution >= 4 is 10.0 Å². The first-order valence-corrected chi connectivity index (χ1v) is 7.72. The van der Waals surface area contributed by atoms with Gasteiger partial charge in [0, 0.05) is 25.7 Å². The number of nitrogens with one attached hydrogen (secondary N) is 1. The van der Waals surface area contributed by atoms with Crippen LogP contribution in [0.15, 0.2) is 29.2 Å². The van der Waals surface area contributed by atoms with Gasteiger partial charge in [0.15, 0.2) is 0 Å². The van der Waals surface area contributed by atoms with E-state index in [0.717, 1.165) is 16.4 Å². The number of para-hydroxylation sites is 1. The third kappa shape index (κ3) is 3.86. The van der Waals surface area contributed by atoms with E-state index in [0.29, 0.717) is 6.54 Å². The summed E-state index contributed by atoms with van der Waals surface area (Å²) < 4.78 is 67.1. The Morgan fingerprint density at radius 2 is 2.00 bits per heavy atom. The molecule has 0 unspecified atom stereocenters. The number of benzene rings is 1. The van der Waals surface area contributed by atoms with Gasteiger partial charge >= 0.3 is 6.36 Å². The first-order valence-electron chi connectivity index (χ1n) is 6.28. The second-order valence-electron chi connectivity index (χ2n) is 4.71. The van der Waals surface area contributed by atoms with E-state index in [1.165, 1.54) is 12.1 Å². The fourth-order valence-electron chi connectivity index (χ4n) is 2.13. The Labute approximate surface area is 120 Å². The molecular formula is C12H15F3N2O3S. The first kappa shape index (κ1) is 16.1. The Kier molecular flexibility index (Phi) is 4.45. The summed E-state index contributed by atoms with van der Waals surface area (Å²) in [7, 11) is -4.03. The molecule has 0 amide bonds. The van der Waals surface area contributed by atoms with Gasteiger partial charge in [0.2, 0.25) is 10.0 Å². The van der Waals surface area contributed by atoms with Crippen molar-refractivity contribution in [1.82, 2.24) is 9.62 Å². The van der Waals surface area contributed by atoms with Crippen LogP contribution in [-0.4, -0.2) is 44.8 Å². The molecule has 1 atom stereocenters. The van der Waals surface area contributed by atoms with Gasteiger partial charge in [-0.05, 0) is 19.1 Å². The average Bonchev–Trinajstić information content (AvgIpc) is 2.37. The zero-order chi connectivity index (χ0) is 15.7. The van der Waals surface area contributed by atoms with E-state index in [1.54, 1.807) is 6.92 Å². The SMILES string of the molecule is C[C@@H]1CN(S(=O)(=O)c2ccccc2OC(F)(F)F)CCN1. The van der Waals surface area contributed by atoms with E-state index in [1.807, 2.05) is 0 Å². The summed E-state index contributed by atoms with van der Waals surface area (Å²) in [5.41, 5.74) is 0. The van der Waals surface area contributed by atoms with Crippen LogP contribution in [0.2, 0.25) is 0 Å². The molecular weight excluding hydrogens is 309 g/mol. The number of hydrogen-bond donors (Lipinski definition) is 1. The summed E-state index contributed by atoms with van der Waals surface area (Å²) in [4.78, 5) is -0.476. The minimum atomic E-state index is -4.94. The highest BCUT2D eigenvalue weighted by atomic mass is 32.2. The molecule has 1 aliphatic rings. The zero-order valence-electron chi connectivity index (χ0n) is 11.2. The van der Waals surface area contributed by atoms with Gasteiger partial charge in [-0.2, -0.15) is 4.31 Å². The van der Waals surface area contributed by atoms with Crippen molar-refractivity contribution in [2.24, 2.45) is 0 Å². The number of alkyl halides is 3. The summed E-state index contributed by atoms with van der Waals surface area (Å²) in [6.07, 6.45) is -4.94. The Bertz CT molecular complexity index is 604. The Hall–Kier alpha value is -1.32. The maximum absolute atomic E-state index is 12.5. The maximum Gasteiger partial charge on any atom is 0.573 e. The van der Waals surface area contributed by atoms with E-state index in [9.17, 15) is 21.6 Å². The molecule has 0 aromatic heterocycles. The lowest BCUT2D eigenvalue weighted by Crippen LogP contribution is -2.51.